The lowest BCUT2D eigenvalue weighted by molar-refractivity contribution is 0.619. The summed E-state index contributed by atoms with van der Waals surface area (Å²) in [6.45, 7) is 4.58. The van der Waals surface area contributed by atoms with Gasteiger partial charge in [0.25, 0.3) is 0 Å². The Bertz CT molecular complexity index is 1740. The molecule has 5 aromatic carbocycles. The second-order valence-corrected chi connectivity index (χ2v) is 13.6. The minimum absolute atomic E-state index is 0.220. The predicted octanol–water partition coefficient (Wildman–Crippen LogP) is 10.0. The molecule has 0 fully saturated rings. The van der Waals surface area contributed by atoms with Crippen LogP contribution in [0.1, 0.15) is 19.4 Å². The first-order valence-electron chi connectivity index (χ1n) is 13.0. The number of halogens is 1. The van der Waals surface area contributed by atoms with Crippen molar-refractivity contribution in [3.05, 3.63) is 143 Å². The highest BCUT2D eigenvalue weighted by Crippen LogP contribution is 2.59. The van der Waals surface area contributed by atoms with Crippen LogP contribution in [0.25, 0.3) is 10.8 Å². The molecule has 0 amide bonds. The lowest BCUT2D eigenvalue weighted by Crippen LogP contribution is -2.24. The van der Waals surface area contributed by atoms with Crippen molar-refractivity contribution < 1.29 is 4.52 Å². The lowest BCUT2D eigenvalue weighted by atomic mass is 9.84. The van der Waals surface area contributed by atoms with E-state index in [4.69, 9.17) is 9.27 Å². The quantitative estimate of drug-likeness (QED) is 0.190. The van der Waals surface area contributed by atoms with Gasteiger partial charge in [0.15, 0.2) is 7.28 Å². The fraction of sp³-hybridized carbons (Fsp3) is 0.118. The summed E-state index contributed by atoms with van der Waals surface area (Å²) >= 11 is 3.58. The third-order valence-corrected chi connectivity index (χ3v) is 10.6. The molecule has 5 heteroatoms. The summed E-state index contributed by atoms with van der Waals surface area (Å²) in [5.74, 6) is 3.16. The first kappa shape index (κ1) is 25.7. The molecule has 1 unspecified atom stereocenters. The Morgan fingerprint density at radius 3 is 2.21 bits per heavy atom. The fourth-order valence-electron chi connectivity index (χ4n) is 5.40. The van der Waals surface area contributed by atoms with Gasteiger partial charge in [-0.2, -0.15) is 0 Å². The first-order chi connectivity index (χ1) is 18.9. The minimum atomic E-state index is -2.80. The van der Waals surface area contributed by atoms with Gasteiger partial charge in [-0.05, 0) is 59.5 Å². The van der Waals surface area contributed by atoms with Crippen molar-refractivity contribution in [3.63, 3.8) is 0 Å². The van der Waals surface area contributed by atoms with Crippen molar-refractivity contribution in [2.45, 2.75) is 19.3 Å². The van der Waals surface area contributed by atoms with Crippen molar-refractivity contribution in [2.75, 3.05) is 11.9 Å². The van der Waals surface area contributed by atoms with Gasteiger partial charge in [-0.1, -0.05) is 103 Å². The zero-order valence-electron chi connectivity index (χ0n) is 22.3. The first-order valence-corrected chi connectivity index (χ1v) is 15.6. The van der Waals surface area contributed by atoms with Crippen LogP contribution in [0.3, 0.4) is 0 Å². The minimum Gasteiger partial charge on any atom is -0.452 e. The molecule has 0 bridgehead atoms. The molecule has 3 nitrogen and oxygen atoms in total. The molecule has 1 aliphatic rings. The van der Waals surface area contributed by atoms with Gasteiger partial charge in [-0.25, -0.2) is 4.74 Å². The molecule has 1 atom stereocenters. The number of benzene rings is 5. The largest absolute Gasteiger partial charge is 0.452 e. The van der Waals surface area contributed by atoms with Crippen molar-refractivity contribution in [3.8, 4) is 5.75 Å². The second kappa shape index (κ2) is 10.2. The van der Waals surface area contributed by atoms with E-state index in [0.29, 0.717) is 0 Å². The smallest absolute Gasteiger partial charge is 0.191 e. The molecule has 0 saturated carbocycles. The molecule has 0 saturated heterocycles. The zero-order valence-corrected chi connectivity index (χ0v) is 24.7. The summed E-state index contributed by atoms with van der Waals surface area (Å²) in [6, 6.07) is 41.9. The van der Waals surface area contributed by atoms with Crippen molar-refractivity contribution in [1.29, 1.82) is 0 Å². The molecule has 0 radical (unpaired) electrons. The van der Waals surface area contributed by atoms with Crippen LogP contribution in [0, 0.1) is 0 Å². The van der Waals surface area contributed by atoms with E-state index < -0.39 is 7.28 Å². The molecule has 5 aromatic rings. The maximum absolute atomic E-state index is 7.27. The van der Waals surface area contributed by atoms with Crippen LogP contribution >= 0.6 is 23.2 Å². The van der Waals surface area contributed by atoms with Crippen molar-refractivity contribution >= 4 is 50.7 Å². The monoisotopic (exact) mass is 592 g/mol. The third-order valence-electron chi connectivity index (χ3n) is 7.44. The number of anilines is 1. The number of likely N-dealkylation sites (N-methyl/N-ethyl adjacent to an activating group) is 1. The molecule has 0 aromatic heterocycles. The molecular formula is C34H30BrN2OP. The molecular weight excluding hydrogens is 563 g/mol. The molecule has 39 heavy (non-hydrogen) atoms. The van der Waals surface area contributed by atoms with E-state index in [0.717, 1.165) is 32.0 Å². The number of hydrogen-bond acceptors (Lipinski definition) is 3. The van der Waals surface area contributed by atoms with E-state index in [9.17, 15) is 0 Å². The van der Waals surface area contributed by atoms with Gasteiger partial charge >= 0.3 is 0 Å². The van der Waals surface area contributed by atoms with Gasteiger partial charge in [0.2, 0.25) is 0 Å². The van der Waals surface area contributed by atoms with Gasteiger partial charge in [-0.15, -0.1) is 0 Å². The molecule has 0 N–H and O–H groups in total. The highest BCUT2D eigenvalue weighted by Gasteiger charge is 2.40. The Balaban J connectivity index is 1.66. The van der Waals surface area contributed by atoms with E-state index in [1.807, 2.05) is 30.3 Å². The summed E-state index contributed by atoms with van der Waals surface area (Å²) < 4.78 is 13.8. The second-order valence-electron chi connectivity index (χ2n) is 10.3. The molecule has 6 rings (SSSR count). The summed E-state index contributed by atoms with van der Waals surface area (Å²) in [4.78, 5) is 2.30. The third kappa shape index (κ3) is 4.73. The van der Waals surface area contributed by atoms with E-state index >= 15 is 0 Å². The number of para-hydroxylation sites is 1. The molecule has 0 aliphatic carbocycles. The van der Waals surface area contributed by atoms with Gasteiger partial charge in [0.05, 0.1) is 5.69 Å². The van der Waals surface area contributed by atoms with E-state index in [-0.39, 0.29) is 5.41 Å². The van der Waals surface area contributed by atoms with Gasteiger partial charge < -0.3 is 9.42 Å². The van der Waals surface area contributed by atoms with Gasteiger partial charge in [0, 0.05) is 44.8 Å². The topological polar surface area (TPSA) is 24.8 Å². The standard InChI is InChI=1S/C34H30BrN2OP/c1-34(2)30-17-9-10-18-31(30)37(3)33(34)24-39(28-14-5-4-6-15-28,36-27-22-20-26(35)21-23-27)38-32-19-11-13-25-12-7-8-16-29(25)32/h4-24H,1-3H3/b33-24+. The molecule has 0 spiro atoms. The van der Waals surface area contributed by atoms with E-state index in [1.165, 1.54) is 16.9 Å². The molecule has 1 heterocycles. The van der Waals surface area contributed by atoms with Crippen molar-refractivity contribution in [2.24, 2.45) is 4.74 Å². The average molecular weight is 594 g/mol. The highest BCUT2D eigenvalue weighted by atomic mass is 79.9. The van der Waals surface area contributed by atoms with Crippen LogP contribution in [0.2, 0.25) is 0 Å². The zero-order chi connectivity index (χ0) is 27.0. The summed E-state index contributed by atoms with van der Waals surface area (Å²) in [6.07, 6.45) is 0. The van der Waals surface area contributed by atoms with Crippen LogP contribution in [-0.4, -0.2) is 7.05 Å². The van der Waals surface area contributed by atoms with Gasteiger partial charge in [-0.3, -0.25) is 0 Å². The Morgan fingerprint density at radius 2 is 1.44 bits per heavy atom. The predicted molar refractivity (Wildman–Crippen MR) is 170 cm³/mol. The van der Waals surface area contributed by atoms with Crippen LogP contribution in [0.4, 0.5) is 11.4 Å². The summed E-state index contributed by atoms with van der Waals surface area (Å²) in [5, 5.41) is 3.28. The molecule has 194 valence electrons. The highest BCUT2D eigenvalue weighted by molar-refractivity contribution is 9.10. The van der Waals surface area contributed by atoms with Crippen molar-refractivity contribution in [1.82, 2.24) is 0 Å². The number of hydrogen-bond donors (Lipinski definition) is 0. The number of nitrogens with zero attached hydrogens (tertiary/aromatic N) is 2. The van der Waals surface area contributed by atoms with Crippen LogP contribution in [0.5, 0.6) is 5.75 Å². The number of fused-ring (bicyclic) bond motifs is 2. The van der Waals surface area contributed by atoms with Crippen LogP contribution in [-0.2, 0) is 5.41 Å². The lowest BCUT2D eigenvalue weighted by Gasteiger charge is -2.30. The Kier molecular flexibility index (Phi) is 6.71. The number of allylic oxidation sites excluding steroid dienone is 1. The fourth-order valence-corrected chi connectivity index (χ4v) is 8.55. The summed E-state index contributed by atoms with van der Waals surface area (Å²) in [5.41, 5.74) is 4.36. The normalized spacial score (nSPS) is 16.6. The molecule has 1 aliphatic heterocycles. The van der Waals surface area contributed by atoms with E-state index in [1.54, 1.807) is 0 Å². The van der Waals surface area contributed by atoms with Crippen LogP contribution in [0.15, 0.2) is 142 Å². The maximum atomic E-state index is 7.27. The van der Waals surface area contributed by atoms with E-state index in [2.05, 4.69) is 139 Å². The van der Waals surface area contributed by atoms with Crippen LogP contribution < -0.4 is 14.7 Å². The average Bonchev–Trinajstić information content (AvgIpc) is 3.15. The number of rotatable bonds is 5. The Labute approximate surface area is 239 Å². The Morgan fingerprint density at radius 1 is 0.769 bits per heavy atom. The SMILES string of the molecule is CN1/C(=C/P(=Nc2ccc(Br)cc2)(Oc2cccc3ccccc23)c2ccccc2)C(C)(C)c2ccccc21. The summed E-state index contributed by atoms with van der Waals surface area (Å²) in [7, 11) is -0.651. The van der Waals surface area contributed by atoms with Gasteiger partial charge in [0.1, 0.15) is 5.75 Å². The Hall–Kier alpha value is -3.59. The maximum Gasteiger partial charge on any atom is 0.191 e.